The maximum absolute atomic E-state index is 11.4. The summed E-state index contributed by atoms with van der Waals surface area (Å²) in [7, 11) is 0. The monoisotopic (exact) mass is 254 g/mol. The van der Waals surface area contributed by atoms with E-state index in [0.29, 0.717) is 6.54 Å². The van der Waals surface area contributed by atoms with Crippen molar-refractivity contribution in [2.45, 2.75) is 24.4 Å². The smallest absolute Gasteiger partial charge is 0.315 e. The van der Waals surface area contributed by atoms with Crippen LogP contribution in [0.4, 0.5) is 4.79 Å². The highest BCUT2D eigenvalue weighted by atomic mass is 32.2. The fraction of sp³-hybridized carbons (Fsp3) is 0.417. The Morgan fingerprint density at radius 3 is 2.59 bits per heavy atom. The lowest BCUT2D eigenvalue weighted by Crippen LogP contribution is -2.41. The van der Waals surface area contributed by atoms with Gasteiger partial charge in [-0.15, -0.1) is 11.8 Å². The third kappa shape index (κ3) is 5.10. The lowest BCUT2D eigenvalue weighted by atomic mass is 10.2. The largest absolute Gasteiger partial charge is 0.394 e. The van der Waals surface area contributed by atoms with Gasteiger partial charge in [0.15, 0.2) is 0 Å². The molecule has 0 bridgehead atoms. The molecule has 1 aromatic rings. The van der Waals surface area contributed by atoms with E-state index in [9.17, 15) is 4.79 Å². The van der Waals surface area contributed by atoms with E-state index in [4.69, 9.17) is 5.11 Å². The first-order chi connectivity index (χ1) is 8.15. The summed E-state index contributed by atoms with van der Waals surface area (Å²) in [5.41, 5.74) is 1.05. The summed E-state index contributed by atoms with van der Waals surface area (Å²) in [5.74, 6) is 0. The zero-order valence-corrected chi connectivity index (χ0v) is 10.9. The van der Waals surface area contributed by atoms with E-state index < -0.39 is 0 Å². The average molecular weight is 254 g/mol. The summed E-state index contributed by atoms with van der Waals surface area (Å²) in [6, 6.07) is 7.53. The number of aliphatic hydroxyl groups excluding tert-OH is 1. The summed E-state index contributed by atoms with van der Waals surface area (Å²) in [6.45, 7) is 2.17. The topological polar surface area (TPSA) is 61.4 Å². The summed E-state index contributed by atoms with van der Waals surface area (Å²) in [5, 5.41) is 14.1. The van der Waals surface area contributed by atoms with Crippen LogP contribution in [0.2, 0.25) is 0 Å². The number of benzene rings is 1. The molecule has 0 heterocycles. The van der Waals surface area contributed by atoms with Gasteiger partial charge in [-0.1, -0.05) is 12.1 Å². The third-order valence-electron chi connectivity index (χ3n) is 2.26. The fourth-order valence-electron chi connectivity index (χ4n) is 1.25. The van der Waals surface area contributed by atoms with Gasteiger partial charge in [0, 0.05) is 11.4 Å². The molecule has 3 N–H and O–H groups in total. The predicted molar refractivity (Wildman–Crippen MR) is 70.1 cm³/mol. The second-order valence-electron chi connectivity index (χ2n) is 3.76. The van der Waals surface area contributed by atoms with Crippen LogP contribution in [-0.2, 0) is 6.54 Å². The number of urea groups is 1. The van der Waals surface area contributed by atoms with Gasteiger partial charge in [-0.05, 0) is 30.9 Å². The zero-order chi connectivity index (χ0) is 12.7. The first kappa shape index (κ1) is 13.9. The molecule has 0 radical (unpaired) electrons. The first-order valence-corrected chi connectivity index (χ1v) is 6.66. The first-order valence-electron chi connectivity index (χ1n) is 5.44. The Morgan fingerprint density at radius 2 is 2.06 bits per heavy atom. The van der Waals surface area contributed by atoms with Crippen molar-refractivity contribution in [2.24, 2.45) is 0 Å². The lowest BCUT2D eigenvalue weighted by Gasteiger charge is -2.12. The highest BCUT2D eigenvalue weighted by molar-refractivity contribution is 7.98. The van der Waals surface area contributed by atoms with Crippen LogP contribution in [0.5, 0.6) is 0 Å². The van der Waals surface area contributed by atoms with Crippen LogP contribution in [-0.4, -0.2) is 30.0 Å². The maximum atomic E-state index is 11.4. The van der Waals surface area contributed by atoms with E-state index in [1.54, 1.807) is 18.7 Å². The van der Waals surface area contributed by atoms with Crippen molar-refractivity contribution >= 4 is 17.8 Å². The Labute approximate surface area is 106 Å². The van der Waals surface area contributed by atoms with Crippen LogP contribution < -0.4 is 10.6 Å². The van der Waals surface area contributed by atoms with Gasteiger partial charge in [-0.25, -0.2) is 4.79 Å². The average Bonchev–Trinajstić information content (AvgIpc) is 2.36. The molecular formula is C12H18N2O2S. The van der Waals surface area contributed by atoms with Gasteiger partial charge in [-0.2, -0.15) is 0 Å². The number of nitrogens with one attached hydrogen (secondary N) is 2. The molecule has 4 nitrogen and oxygen atoms in total. The molecule has 0 aliphatic carbocycles. The van der Waals surface area contributed by atoms with Crippen LogP contribution in [0.15, 0.2) is 29.2 Å². The Bertz CT molecular complexity index is 354. The third-order valence-corrected chi connectivity index (χ3v) is 3.01. The van der Waals surface area contributed by atoms with Crippen LogP contribution in [0, 0.1) is 0 Å². The quantitative estimate of drug-likeness (QED) is 0.699. The highest BCUT2D eigenvalue weighted by Gasteiger charge is 2.04. The minimum absolute atomic E-state index is 0.0597. The molecule has 0 aliphatic rings. The Kier molecular flexibility index (Phi) is 5.86. The Morgan fingerprint density at radius 1 is 1.41 bits per heavy atom. The predicted octanol–water partition coefficient (Wildman–Crippen LogP) is 1.59. The summed E-state index contributed by atoms with van der Waals surface area (Å²) in [6.07, 6.45) is 2.02. The minimum atomic E-state index is -0.263. The van der Waals surface area contributed by atoms with Gasteiger partial charge < -0.3 is 15.7 Å². The van der Waals surface area contributed by atoms with Gasteiger partial charge in [0.25, 0.3) is 0 Å². The molecule has 94 valence electrons. The Balaban J connectivity index is 2.36. The summed E-state index contributed by atoms with van der Waals surface area (Å²) < 4.78 is 0. The molecule has 1 atom stereocenters. The zero-order valence-electron chi connectivity index (χ0n) is 10.1. The summed E-state index contributed by atoms with van der Waals surface area (Å²) >= 11 is 1.69. The molecule has 0 spiro atoms. The number of carbonyl (C=O) groups is 1. The molecule has 2 amide bonds. The van der Waals surface area contributed by atoms with Crippen LogP contribution >= 0.6 is 11.8 Å². The number of hydrogen-bond acceptors (Lipinski definition) is 3. The number of carbonyl (C=O) groups excluding carboxylic acids is 1. The number of rotatable bonds is 5. The van der Waals surface area contributed by atoms with E-state index >= 15 is 0 Å². The number of amides is 2. The van der Waals surface area contributed by atoms with Gasteiger partial charge in [0.1, 0.15) is 0 Å². The van der Waals surface area contributed by atoms with Crippen LogP contribution in [0.1, 0.15) is 12.5 Å². The second kappa shape index (κ2) is 7.19. The van der Waals surface area contributed by atoms with E-state index in [0.717, 1.165) is 5.56 Å². The van der Waals surface area contributed by atoms with Crippen molar-refractivity contribution in [3.63, 3.8) is 0 Å². The van der Waals surface area contributed by atoms with Crippen molar-refractivity contribution < 1.29 is 9.90 Å². The van der Waals surface area contributed by atoms with Crippen LogP contribution in [0.25, 0.3) is 0 Å². The van der Waals surface area contributed by atoms with Crippen molar-refractivity contribution in [3.8, 4) is 0 Å². The van der Waals surface area contributed by atoms with Crippen molar-refractivity contribution in [2.75, 3.05) is 12.9 Å². The summed E-state index contributed by atoms with van der Waals surface area (Å²) in [4.78, 5) is 12.6. The molecule has 1 aromatic carbocycles. The van der Waals surface area contributed by atoms with E-state index in [1.165, 1.54) is 4.90 Å². The molecular weight excluding hydrogens is 236 g/mol. The number of aliphatic hydroxyl groups is 1. The molecule has 0 saturated heterocycles. The van der Waals surface area contributed by atoms with Crippen molar-refractivity contribution in [1.29, 1.82) is 0 Å². The van der Waals surface area contributed by atoms with Gasteiger partial charge >= 0.3 is 6.03 Å². The molecule has 17 heavy (non-hydrogen) atoms. The number of hydrogen-bond donors (Lipinski definition) is 3. The van der Waals surface area contributed by atoms with Crippen molar-refractivity contribution in [3.05, 3.63) is 29.8 Å². The highest BCUT2D eigenvalue weighted by Crippen LogP contribution is 2.14. The molecule has 1 rings (SSSR count). The fourth-order valence-corrected chi connectivity index (χ4v) is 1.65. The van der Waals surface area contributed by atoms with Crippen molar-refractivity contribution in [1.82, 2.24) is 10.6 Å². The van der Waals surface area contributed by atoms with Crippen LogP contribution in [0.3, 0.4) is 0 Å². The molecule has 5 heteroatoms. The van der Waals surface area contributed by atoms with Gasteiger partial charge in [-0.3, -0.25) is 0 Å². The SMILES string of the molecule is CSc1ccc(CNC(=O)NC(C)CO)cc1. The maximum Gasteiger partial charge on any atom is 0.315 e. The van der Waals surface area contributed by atoms with E-state index in [1.807, 2.05) is 30.5 Å². The second-order valence-corrected chi connectivity index (χ2v) is 4.64. The molecule has 0 aromatic heterocycles. The molecule has 1 unspecified atom stereocenters. The molecule has 0 saturated carbocycles. The minimum Gasteiger partial charge on any atom is -0.394 e. The number of thioether (sulfide) groups is 1. The van der Waals surface area contributed by atoms with Gasteiger partial charge in [0.2, 0.25) is 0 Å². The molecule has 0 aliphatic heterocycles. The lowest BCUT2D eigenvalue weighted by molar-refractivity contribution is 0.220. The van der Waals surface area contributed by atoms with E-state index in [-0.39, 0.29) is 18.7 Å². The molecule has 0 fully saturated rings. The van der Waals surface area contributed by atoms with E-state index in [2.05, 4.69) is 10.6 Å². The standard InChI is InChI=1S/C12H18N2O2S/c1-9(8-15)14-12(16)13-7-10-3-5-11(17-2)6-4-10/h3-6,9,15H,7-8H2,1-2H3,(H2,13,14,16). The van der Waals surface area contributed by atoms with Gasteiger partial charge in [0.05, 0.1) is 12.6 Å². The Hall–Kier alpha value is -1.20. The normalized spacial score (nSPS) is 11.9.